The van der Waals surface area contributed by atoms with E-state index in [9.17, 15) is 14.4 Å². The number of carbonyl (C=O) groups excluding carboxylic acids is 2. The van der Waals surface area contributed by atoms with Gasteiger partial charge in [-0.1, -0.05) is 0 Å². The Kier molecular flexibility index (Phi) is 5.41. The molecule has 3 aromatic rings. The van der Waals surface area contributed by atoms with Crippen molar-refractivity contribution in [3.63, 3.8) is 0 Å². The van der Waals surface area contributed by atoms with Gasteiger partial charge in [0.05, 0.1) is 5.69 Å². The first-order valence-electron chi connectivity index (χ1n) is 9.79. The number of carbonyl (C=O) groups is 2. The highest BCUT2D eigenvalue weighted by atomic mass is 16.2. The maximum atomic E-state index is 12.9. The second-order valence-electron chi connectivity index (χ2n) is 7.22. The Bertz CT molecular complexity index is 1070. The Morgan fingerprint density at radius 2 is 1.83 bits per heavy atom. The van der Waals surface area contributed by atoms with Gasteiger partial charge in [0.1, 0.15) is 0 Å². The van der Waals surface area contributed by atoms with Crippen molar-refractivity contribution in [2.24, 2.45) is 0 Å². The first kappa shape index (κ1) is 18.9. The van der Waals surface area contributed by atoms with Crippen LogP contribution in [0.15, 0.2) is 47.4 Å². The van der Waals surface area contributed by atoms with Crippen LogP contribution < -0.4 is 5.56 Å². The van der Waals surface area contributed by atoms with Gasteiger partial charge in [-0.05, 0) is 36.8 Å². The fourth-order valence-corrected chi connectivity index (χ4v) is 3.64. The van der Waals surface area contributed by atoms with Crippen LogP contribution in [0.2, 0.25) is 0 Å². The van der Waals surface area contributed by atoms with Crippen molar-refractivity contribution in [2.45, 2.75) is 19.3 Å². The molecule has 0 radical (unpaired) electrons. The third-order valence-corrected chi connectivity index (χ3v) is 5.27. The number of amides is 2. The van der Waals surface area contributed by atoms with Crippen molar-refractivity contribution < 1.29 is 9.59 Å². The van der Waals surface area contributed by atoms with Gasteiger partial charge in [0.25, 0.3) is 11.5 Å². The standard InChI is InChI=1S/C21H23N5O3/c27-19-6-3-17(23-24-19)4-7-20(28)25-10-1-11-26(13-12-25)21(29)16-2-5-18-15(14-16)8-9-22-18/h2-3,5-6,8-9,14,22H,1,4,7,10-13H2,(H,24,27). The van der Waals surface area contributed by atoms with Crippen molar-refractivity contribution in [3.05, 3.63) is 64.2 Å². The molecule has 1 aliphatic heterocycles. The van der Waals surface area contributed by atoms with Crippen molar-refractivity contribution in [1.29, 1.82) is 0 Å². The van der Waals surface area contributed by atoms with Gasteiger partial charge in [-0.3, -0.25) is 14.4 Å². The first-order valence-corrected chi connectivity index (χ1v) is 9.79. The molecule has 1 saturated heterocycles. The molecule has 2 N–H and O–H groups in total. The second kappa shape index (κ2) is 8.30. The van der Waals surface area contributed by atoms with E-state index in [0.717, 1.165) is 17.3 Å². The number of benzene rings is 1. The van der Waals surface area contributed by atoms with Crippen molar-refractivity contribution in [3.8, 4) is 0 Å². The van der Waals surface area contributed by atoms with Gasteiger partial charge in [-0.2, -0.15) is 5.10 Å². The van der Waals surface area contributed by atoms with E-state index < -0.39 is 0 Å². The van der Waals surface area contributed by atoms with E-state index in [1.54, 1.807) is 6.07 Å². The van der Waals surface area contributed by atoms with E-state index in [-0.39, 0.29) is 17.4 Å². The number of hydrogen-bond donors (Lipinski definition) is 2. The Morgan fingerprint density at radius 3 is 2.66 bits per heavy atom. The van der Waals surface area contributed by atoms with Crippen molar-refractivity contribution >= 4 is 22.7 Å². The molecule has 0 spiro atoms. The van der Waals surface area contributed by atoms with Crippen LogP contribution in [0.3, 0.4) is 0 Å². The number of nitrogens with zero attached hydrogens (tertiary/aromatic N) is 3. The van der Waals surface area contributed by atoms with Crippen molar-refractivity contribution in [2.75, 3.05) is 26.2 Å². The number of H-pyrrole nitrogens is 2. The lowest BCUT2D eigenvalue weighted by Crippen LogP contribution is -2.37. The van der Waals surface area contributed by atoms with Crippen LogP contribution in [0.5, 0.6) is 0 Å². The fraction of sp³-hybridized carbons (Fsp3) is 0.333. The van der Waals surface area contributed by atoms with E-state index in [4.69, 9.17) is 0 Å². The quantitative estimate of drug-likeness (QED) is 0.702. The Labute approximate surface area is 167 Å². The molecule has 29 heavy (non-hydrogen) atoms. The van der Waals surface area contributed by atoms with Gasteiger partial charge >= 0.3 is 0 Å². The smallest absolute Gasteiger partial charge is 0.264 e. The predicted molar refractivity (Wildman–Crippen MR) is 109 cm³/mol. The van der Waals surface area contributed by atoms with Gasteiger partial charge in [0.2, 0.25) is 5.91 Å². The van der Waals surface area contributed by atoms with Gasteiger partial charge in [0, 0.05) is 67.8 Å². The SMILES string of the molecule is O=C(CCc1ccc(=O)[nH]n1)N1CCCN(C(=O)c2ccc3[nH]ccc3c2)CC1. The maximum Gasteiger partial charge on any atom is 0.264 e. The topological polar surface area (TPSA) is 102 Å². The Hall–Kier alpha value is -3.42. The number of hydrogen-bond acceptors (Lipinski definition) is 4. The minimum atomic E-state index is -0.256. The molecule has 2 amide bonds. The van der Waals surface area contributed by atoms with E-state index in [2.05, 4.69) is 15.2 Å². The monoisotopic (exact) mass is 393 g/mol. The van der Waals surface area contributed by atoms with Crippen molar-refractivity contribution in [1.82, 2.24) is 25.0 Å². The lowest BCUT2D eigenvalue weighted by atomic mass is 10.1. The molecule has 150 valence electrons. The predicted octanol–water partition coefficient (Wildman–Crippen LogP) is 1.56. The number of rotatable bonds is 4. The third kappa shape index (κ3) is 4.37. The zero-order valence-corrected chi connectivity index (χ0v) is 16.1. The summed E-state index contributed by atoms with van der Waals surface area (Å²) in [5.74, 6) is 0.0425. The van der Waals surface area contributed by atoms with E-state index in [0.29, 0.717) is 50.3 Å². The van der Waals surface area contributed by atoms with Gasteiger partial charge in [0.15, 0.2) is 0 Å². The molecule has 0 saturated carbocycles. The zero-order chi connectivity index (χ0) is 20.2. The fourth-order valence-electron chi connectivity index (χ4n) is 3.64. The van der Waals surface area contributed by atoms with Crippen LogP contribution in [0.1, 0.15) is 28.9 Å². The molecule has 0 aliphatic carbocycles. The minimum Gasteiger partial charge on any atom is -0.361 e. The first-order chi connectivity index (χ1) is 14.1. The molecule has 1 aliphatic rings. The normalized spacial score (nSPS) is 14.8. The minimum absolute atomic E-state index is 0.000149. The summed E-state index contributed by atoms with van der Waals surface area (Å²) in [4.78, 5) is 43.3. The molecular formula is C21H23N5O3. The van der Waals surface area contributed by atoms with Crippen LogP contribution in [0, 0.1) is 0 Å². The van der Waals surface area contributed by atoms with E-state index >= 15 is 0 Å². The summed E-state index contributed by atoms with van der Waals surface area (Å²) >= 11 is 0. The number of aromatic nitrogens is 3. The van der Waals surface area contributed by atoms with Crippen LogP contribution in [-0.2, 0) is 11.2 Å². The molecule has 1 fully saturated rings. The molecule has 0 atom stereocenters. The zero-order valence-electron chi connectivity index (χ0n) is 16.1. The van der Waals surface area contributed by atoms with Gasteiger partial charge in [-0.25, -0.2) is 5.10 Å². The molecule has 0 bridgehead atoms. The van der Waals surface area contributed by atoms with Crippen LogP contribution in [-0.4, -0.2) is 63.0 Å². The summed E-state index contributed by atoms with van der Waals surface area (Å²) < 4.78 is 0. The Balaban J connectivity index is 1.34. The lowest BCUT2D eigenvalue weighted by molar-refractivity contribution is -0.131. The molecule has 3 heterocycles. The summed E-state index contributed by atoms with van der Waals surface area (Å²) in [5.41, 5.74) is 2.10. The number of nitrogens with one attached hydrogen (secondary N) is 2. The Morgan fingerprint density at radius 1 is 1.00 bits per heavy atom. The molecule has 2 aromatic heterocycles. The average Bonchev–Trinajstić information content (AvgIpc) is 3.07. The molecule has 8 heteroatoms. The highest BCUT2D eigenvalue weighted by molar-refractivity contribution is 5.98. The van der Waals surface area contributed by atoms with Gasteiger partial charge < -0.3 is 14.8 Å². The average molecular weight is 393 g/mol. The summed E-state index contributed by atoms with van der Waals surface area (Å²) in [7, 11) is 0. The van der Waals surface area contributed by atoms with Crippen LogP contribution in [0.4, 0.5) is 0 Å². The molecule has 8 nitrogen and oxygen atoms in total. The van der Waals surface area contributed by atoms with E-state index in [1.807, 2.05) is 40.3 Å². The number of fused-ring (bicyclic) bond motifs is 1. The lowest BCUT2D eigenvalue weighted by Gasteiger charge is -2.22. The maximum absolute atomic E-state index is 12.9. The molecule has 0 unspecified atom stereocenters. The summed E-state index contributed by atoms with van der Waals surface area (Å²) in [6, 6.07) is 10.7. The second-order valence-corrected chi connectivity index (χ2v) is 7.22. The number of aryl methyl sites for hydroxylation is 1. The largest absolute Gasteiger partial charge is 0.361 e. The summed E-state index contributed by atoms with van der Waals surface area (Å²) in [5, 5.41) is 7.33. The highest BCUT2D eigenvalue weighted by Crippen LogP contribution is 2.17. The molecule has 1 aromatic carbocycles. The van der Waals surface area contributed by atoms with Crippen LogP contribution >= 0.6 is 0 Å². The molecular weight excluding hydrogens is 370 g/mol. The molecule has 4 rings (SSSR count). The number of aromatic amines is 2. The van der Waals surface area contributed by atoms with Crippen LogP contribution in [0.25, 0.3) is 10.9 Å². The third-order valence-electron chi connectivity index (χ3n) is 5.27. The summed E-state index contributed by atoms with van der Waals surface area (Å²) in [6.07, 6.45) is 3.42. The highest BCUT2D eigenvalue weighted by Gasteiger charge is 2.23. The van der Waals surface area contributed by atoms with E-state index in [1.165, 1.54) is 6.07 Å². The summed E-state index contributed by atoms with van der Waals surface area (Å²) in [6.45, 7) is 2.32. The van der Waals surface area contributed by atoms with Gasteiger partial charge in [-0.15, -0.1) is 0 Å².